The van der Waals surface area contributed by atoms with Crippen LogP contribution in [0.5, 0.6) is 11.5 Å². The molecule has 96 valence electrons. The van der Waals surface area contributed by atoms with E-state index in [1.54, 1.807) is 12.3 Å². The summed E-state index contributed by atoms with van der Waals surface area (Å²) in [4.78, 5) is 2.10. The molecule has 0 atom stereocenters. The first-order valence-corrected chi connectivity index (χ1v) is 5.73. The van der Waals surface area contributed by atoms with Crippen molar-refractivity contribution < 1.29 is 14.4 Å². The molecule has 0 radical (unpaired) electrons. The number of ether oxygens (including phenoxy) is 1. The zero-order chi connectivity index (χ0) is 12.8. The summed E-state index contributed by atoms with van der Waals surface area (Å²) in [6.07, 6.45) is 2.68. The molecule has 17 heavy (non-hydrogen) atoms. The van der Waals surface area contributed by atoms with Crippen molar-refractivity contribution in [1.82, 2.24) is 4.90 Å². The smallest absolute Gasteiger partial charge is 0.225 e. The molecule has 3 N–H and O–H groups in total. The summed E-state index contributed by atoms with van der Waals surface area (Å²) >= 11 is 0. The molecule has 0 aliphatic carbocycles. The van der Waals surface area contributed by atoms with Gasteiger partial charge in [-0.3, -0.25) is 0 Å². The summed E-state index contributed by atoms with van der Waals surface area (Å²) in [5.41, 5.74) is 6.41. The number of aryl methyl sites for hydroxylation is 1. The molecule has 0 amide bonds. The first-order valence-electron chi connectivity index (χ1n) is 5.73. The highest BCUT2D eigenvalue weighted by Gasteiger charge is 2.13. The van der Waals surface area contributed by atoms with Crippen LogP contribution in [-0.2, 0) is 13.6 Å². The second-order valence-corrected chi connectivity index (χ2v) is 4.33. The van der Waals surface area contributed by atoms with E-state index in [9.17, 15) is 5.11 Å². The molecule has 0 fully saturated rings. The molecule has 0 saturated heterocycles. The van der Waals surface area contributed by atoms with Crippen molar-refractivity contribution in [3.05, 3.63) is 18.0 Å². The van der Waals surface area contributed by atoms with E-state index in [1.165, 1.54) is 0 Å². The monoisotopic (exact) mass is 240 g/mol. The number of aromatic hydroxyl groups is 1. The van der Waals surface area contributed by atoms with E-state index in [0.717, 1.165) is 18.7 Å². The van der Waals surface area contributed by atoms with Crippen LogP contribution in [0, 0.1) is 0 Å². The van der Waals surface area contributed by atoms with Crippen molar-refractivity contribution in [3.8, 4) is 11.5 Å². The molecule has 0 unspecified atom stereocenters. The average molecular weight is 240 g/mol. The summed E-state index contributed by atoms with van der Waals surface area (Å²) in [5.74, 6) is 0.650. The highest BCUT2D eigenvalue weighted by atomic mass is 16.5. The Morgan fingerprint density at radius 2 is 2.18 bits per heavy atom. The van der Waals surface area contributed by atoms with Gasteiger partial charge in [0.1, 0.15) is 7.05 Å². The Morgan fingerprint density at radius 1 is 1.47 bits per heavy atom. The quantitative estimate of drug-likeness (QED) is 0.543. The van der Waals surface area contributed by atoms with E-state index in [0.29, 0.717) is 18.9 Å². The normalized spacial score (nSPS) is 10.9. The van der Waals surface area contributed by atoms with Crippen LogP contribution in [0.3, 0.4) is 0 Å². The maximum atomic E-state index is 9.75. The Morgan fingerprint density at radius 3 is 2.76 bits per heavy atom. The minimum absolute atomic E-state index is 0.147. The second kappa shape index (κ2) is 6.42. The lowest BCUT2D eigenvalue weighted by Gasteiger charge is -2.10. The van der Waals surface area contributed by atoms with Gasteiger partial charge in [-0.25, -0.2) is 4.57 Å². The Hall–Kier alpha value is -1.33. The van der Waals surface area contributed by atoms with Crippen LogP contribution in [0.2, 0.25) is 0 Å². The van der Waals surface area contributed by atoms with Gasteiger partial charge in [-0.1, -0.05) is 0 Å². The van der Waals surface area contributed by atoms with Crippen molar-refractivity contribution in [2.45, 2.75) is 13.0 Å². The third-order valence-electron chi connectivity index (χ3n) is 2.54. The zero-order valence-corrected chi connectivity index (χ0v) is 10.8. The average Bonchev–Trinajstić information content (AvgIpc) is 2.28. The van der Waals surface area contributed by atoms with E-state index in [2.05, 4.69) is 4.90 Å². The number of rotatable bonds is 6. The predicted octanol–water partition coefficient (Wildman–Crippen LogP) is 0.00590. The van der Waals surface area contributed by atoms with Crippen LogP contribution < -0.4 is 15.0 Å². The molecule has 5 nitrogen and oxygen atoms in total. The lowest BCUT2D eigenvalue weighted by Crippen LogP contribution is -2.34. The zero-order valence-electron chi connectivity index (χ0n) is 10.8. The molecule has 0 saturated carbocycles. The highest BCUT2D eigenvalue weighted by Crippen LogP contribution is 2.24. The Labute approximate surface area is 102 Å². The third-order valence-corrected chi connectivity index (χ3v) is 2.54. The van der Waals surface area contributed by atoms with E-state index in [1.807, 2.05) is 25.7 Å². The standard InChI is InChI=1S/C12H21N3O2/c1-14(2)5-4-6-17-12-9-15(3)10(8-13)7-11(12)16/h7,9H,4-6,8,13H2,1-3H3/p+1. The van der Waals surface area contributed by atoms with Gasteiger partial charge in [0.25, 0.3) is 0 Å². The largest absolute Gasteiger partial charge is 0.504 e. The molecule has 0 spiro atoms. The molecule has 1 rings (SSSR count). The maximum Gasteiger partial charge on any atom is 0.225 e. The maximum absolute atomic E-state index is 9.75. The van der Waals surface area contributed by atoms with E-state index in [-0.39, 0.29) is 5.75 Å². The van der Waals surface area contributed by atoms with Gasteiger partial charge in [0.15, 0.2) is 11.4 Å². The van der Waals surface area contributed by atoms with Gasteiger partial charge in [0.05, 0.1) is 19.2 Å². The molecular formula is C12H22N3O2+. The first kappa shape index (κ1) is 13.7. The van der Waals surface area contributed by atoms with Gasteiger partial charge in [0.2, 0.25) is 11.9 Å². The van der Waals surface area contributed by atoms with Gasteiger partial charge in [-0.05, 0) is 20.5 Å². The molecule has 5 heteroatoms. The van der Waals surface area contributed by atoms with E-state index >= 15 is 0 Å². The lowest BCUT2D eigenvalue weighted by atomic mass is 10.3. The summed E-state index contributed by atoms with van der Waals surface area (Å²) in [6, 6.07) is 1.64. The number of aromatic nitrogens is 1. The number of hydrogen-bond acceptors (Lipinski definition) is 4. The van der Waals surface area contributed by atoms with Crippen LogP contribution in [0.15, 0.2) is 12.3 Å². The third kappa shape index (κ3) is 4.20. The minimum Gasteiger partial charge on any atom is -0.504 e. The van der Waals surface area contributed by atoms with Crippen molar-refractivity contribution >= 4 is 0 Å². The van der Waals surface area contributed by atoms with Crippen molar-refractivity contribution in [1.29, 1.82) is 0 Å². The summed E-state index contributed by atoms with van der Waals surface area (Å²) in [5, 5.41) is 9.75. The summed E-state index contributed by atoms with van der Waals surface area (Å²) in [6.45, 7) is 1.95. The van der Waals surface area contributed by atoms with E-state index in [4.69, 9.17) is 10.5 Å². The summed E-state index contributed by atoms with van der Waals surface area (Å²) < 4.78 is 7.39. The molecule has 1 heterocycles. The molecule has 1 aromatic heterocycles. The van der Waals surface area contributed by atoms with Crippen LogP contribution in [0.4, 0.5) is 0 Å². The van der Waals surface area contributed by atoms with Gasteiger partial charge < -0.3 is 20.5 Å². The Kier molecular flexibility index (Phi) is 5.18. The molecule has 0 aliphatic rings. The minimum atomic E-state index is 0.147. The fourth-order valence-electron chi connectivity index (χ4n) is 1.53. The van der Waals surface area contributed by atoms with Crippen LogP contribution in [0.1, 0.15) is 12.1 Å². The topological polar surface area (TPSA) is 62.6 Å². The Balaban J connectivity index is 2.56. The highest BCUT2D eigenvalue weighted by molar-refractivity contribution is 5.35. The fourth-order valence-corrected chi connectivity index (χ4v) is 1.53. The number of pyridine rings is 1. The SMILES string of the molecule is CN(C)CCCOc1c[n+](C)c(CN)cc1O. The number of hydrogen-bond donors (Lipinski definition) is 2. The number of nitrogens with zero attached hydrogens (tertiary/aromatic N) is 2. The molecule has 1 aromatic rings. The van der Waals surface area contributed by atoms with E-state index < -0.39 is 0 Å². The van der Waals surface area contributed by atoms with Gasteiger partial charge in [-0.15, -0.1) is 0 Å². The predicted molar refractivity (Wildman–Crippen MR) is 65.8 cm³/mol. The molecule has 0 aliphatic heterocycles. The van der Waals surface area contributed by atoms with Gasteiger partial charge >= 0.3 is 0 Å². The molecule has 0 bridgehead atoms. The fraction of sp³-hybridized carbons (Fsp3) is 0.583. The van der Waals surface area contributed by atoms with Gasteiger partial charge in [0, 0.05) is 6.54 Å². The van der Waals surface area contributed by atoms with Crippen LogP contribution in [-0.4, -0.2) is 37.3 Å². The summed E-state index contributed by atoms with van der Waals surface area (Å²) in [7, 11) is 5.93. The molecule has 0 aromatic carbocycles. The number of nitrogens with two attached hydrogens (primary N) is 1. The second-order valence-electron chi connectivity index (χ2n) is 4.33. The van der Waals surface area contributed by atoms with Gasteiger partial charge in [-0.2, -0.15) is 0 Å². The lowest BCUT2D eigenvalue weighted by molar-refractivity contribution is -0.679. The van der Waals surface area contributed by atoms with Crippen LogP contribution in [0.25, 0.3) is 0 Å². The Bertz CT molecular complexity index is 367. The molecular weight excluding hydrogens is 218 g/mol. The van der Waals surface area contributed by atoms with Crippen molar-refractivity contribution in [2.75, 3.05) is 27.2 Å². The first-order chi connectivity index (χ1) is 8.04. The van der Waals surface area contributed by atoms with Crippen molar-refractivity contribution in [2.24, 2.45) is 12.8 Å². The van der Waals surface area contributed by atoms with Crippen molar-refractivity contribution in [3.63, 3.8) is 0 Å². The van der Waals surface area contributed by atoms with Crippen LogP contribution >= 0.6 is 0 Å².